The molecule has 17 heavy (non-hydrogen) atoms. The molecule has 5 nitrogen and oxygen atoms in total. The van der Waals surface area contributed by atoms with Crippen LogP contribution in [0.15, 0.2) is 24.8 Å². The van der Waals surface area contributed by atoms with Crippen molar-refractivity contribution in [2.75, 3.05) is 39.6 Å². The second-order valence-electron chi connectivity index (χ2n) is 3.17. The molecule has 0 N–H and O–H groups in total. The molecule has 1 atom stereocenters. The average molecular weight is 261 g/mol. The summed E-state index contributed by atoms with van der Waals surface area (Å²) in [5.41, 5.74) is 1.59. The Labute approximate surface area is 104 Å². The van der Waals surface area contributed by atoms with Crippen LogP contribution in [0.3, 0.4) is 0 Å². The van der Waals surface area contributed by atoms with Gasteiger partial charge in [-0.05, 0) is 12.2 Å². The fourth-order valence-corrected chi connectivity index (χ4v) is 1.19. The van der Waals surface area contributed by atoms with Crippen molar-refractivity contribution in [1.29, 1.82) is 0 Å². The minimum Gasteiger partial charge on any atom is -0.499 e. The maximum Gasteiger partial charge on any atom is 0.245 e. The SMILES string of the molecule is C=COCCOCCOCCO/C=C/[SiH](C)[O]. The Bertz CT molecular complexity index is 196. The van der Waals surface area contributed by atoms with E-state index in [9.17, 15) is 4.80 Å². The van der Waals surface area contributed by atoms with Crippen LogP contribution in [0, 0.1) is 0 Å². The average Bonchev–Trinajstić information content (AvgIpc) is 2.30. The van der Waals surface area contributed by atoms with E-state index >= 15 is 0 Å². The maximum absolute atomic E-state index is 10.7. The molecule has 0 rings (SSSR count). The Morgan fingerprint density at radius 1 is 1.00 bits per heavy atom. The second-order valence-corrected chi connectivity index (χ2v) is 4.96. The Morgan fingerprint density at radius 3 is 2.06 bits per heavy atom. The standard InChI is InChI=1S/C11H21O5Si/c1-3-13-4-5-14-6-7-15-8-9-16-10-11-17(2)12/h3,10-11,17H,1,4-9H2,2H3/b11-10+. The van der Waals surface area contributed by atoms with E-state index in [1.54, 1.807) is 12.2 Å². The zero-order chi connectivity index (χ0) is 12.8. The Morgan fingerprint density at radius 2 is 1.53 bits per heavy atom. The molecule has 0 aromatic heterocycles. The molecule has 0 aliphatic carbocycles. The summed E-state index contributed by atoms with van der Waals surface area (Å²) in [5, 5.41) is 0. The molecular weight excluding hydrogens is 240 g/mol. The van der Waals surface area contributed by atoms with Crippen molar-refractivity contribution in [2.24, 2.45) is 0 Å². The van der Waals surface area contributed by atoms with Crippen LogP contribution in [0.4, 0.5) is 0 Å². The molecule has 0 aromatic rings. The van der Waals surface area contributed by atoms with E-state index in [1.165, 1.54) is 12.5 Å². The number of hydrogen-bond acceptors (Lipinski definition) is 4. The fourth-order valence-electron chi connectivity index (χ4n) is 0.854. The van der Waals surface area contributed by atoms with Crippen LogP contribution in [0.5, 0.6) is 0 Å². The minimum atomic E-state index is -1.89. The summed E-state index contributed by atoms with van der Waals surface area (Å²) in [4.78, 5) is 10.7. The lowest BCUT2D eigenvalue weighted by Gasteiger charge is -2.05. The third-order valence-corrected chi connectivity index (χ3v) is 2.33. The summed E-state index contributed by atoms with van der Waals surface area (Å²) in [6, 6.07) is 0. The summed E-state index contributed by atoms with van der Waals surface area (Å²) in [5.74, 6) is 0. The van der Waals surface area contributed by atoms with Crippen molar-refractivity contribution in [3.63, 3.8) is 0 Å². The van der Waals surface area contributed by atoms with Gasteiger partial charge in [-0.3, -0.25) is 4.80 Å². The monoisotopic (exact) mass is 261 g/mol. The van der Waals surface area contributed by atoms with Crippen LogP contribution in [-0.2, 0) is 23.7 Å². The van der Waals surface area contributed by atoms with Gasteiger partial charge >= 0.3 is 0 Å². The first-order chi connectivity index (χ1) is 8.27. The van der Waals surface area contributed by atoms with E-state index in [-0.39, 0.29) is 0 Å². The van der Waals surface area contributed by atoms with Crippen LogP contribution < -0.4 is 0 Å². The summed E-state index contributed by atoms with van der Waals surface area (Å²) < 4.78 is 20.4. The molecule has 0 fully saturated rings. The van der Waals surface area contributed by atoms with E-state index in [1.807, 2.05) is 0 Å². The van der Waals surface area contributed by atoms with Gasteiger partial charge < -0.3 is 18.9 Å². The summed E-state index contributed by atoms with van der Waals surface area (Å²) >= 11 is 0. The number of hydrogen-bond donors (Lipinski definition) is 0. The molecule has 0 bridgehead atoms. The van der Waals surface area contributed by atoms with Crippen molar-refractivity contribution >= 4 is 9.04 Å². The molecule has 0 saturated carbocycles. The van der Waals surface area contributed by atoms with E-state index in [0.717, 1.165) is 0 Å². The third-order valence-electron chi connectivity index (χ3n) is 1.63. The lowest BCUT2D eigenvalue weighted by molar-refractivity contribution is 0.0186. The lowest BCUT2D eigenvalue weighted by atomic mass is 10.7. The number of ether oxygens (including phenoxy) is 4. The molecule has 1 unspecified atom stereocenters. The summed E-state index contributed by atoms with van der Waals surface area (Å²) in [7, 11) is -1.89. The van der Waals surface area contributed by atoms with Crippen molar-refractivity contribution in [2.45, 2.75) is 6.55 Å². The Hall–Kier alpha value is -0.823. The Kier molecular flexibility index (Phi) is 12.6. The van der Waals surface area contributed by atoms with Gasteiger partial charge in [0.1, 0.15) is 13.2 Å². The first-order valence-corrected chi connectivity index (χ1v) is 7.88. The normalized spacial score (nSPS) is 12.6. The van der Waals surface area contributed by atoms with Crippen LogP contribution in [0.2, 0.25) is 6.55 Å². The highest BCUT2D eigenvalue weighted by atomic mass is 28.3. The van der Waals surface area contributed by atoms with Gasteiger partial charge in [0.15, 0.2) is 0 Å². The molecule has 0 heterocycles. The summed E-state index contributed by atoms with van der Waals surface area (Å²) in [6.45, 7) is 8.13. The van der Waals surface area contributed by atoms with Gasteiger partial charge in [-0.15, -0.1) is 0 Å². The predicted molar refractivity (Wildman–Crippen MR) is 66.6 cm³/mol. The van der Waals surface area contributed by atoms with E-state index in [0.29, 0.717) is 39.6 Å². The van der Waals surface area contributed by atoms with Gasteiger partial charge in [0.2, 0.25) is 9.04 Å². The molecule has 99 valence electrons. The van der Waals surface area contributed by atoms with Gasteiger partial charge in [-0.1, -0.05) is 6.58 Å². The molecule has 0 amide bonds. The highest BCUT2D eigenvalue weighted by Crippen LogP contribution is 1.85. The van der Waals surface area contributed by atoms with Gasteiger partial charge in [0.25, 0.3) is 0 Å². The van der Waals surface area contributed by atoms with Crippen molar-refractivity contribution in [3.05, 3.63) is 24.8 Å². The second kappa shape index (κ2) is 13.2. The highest BCUT2D eigenvalue weighted by molar-refractivity contribution is 6.54. The van der Waals surface area contributed by atoms with Gasteiger partial charge in [-0.25, -0.2) is 0 Å². The Balaban J connectivity index is 3.01. The first kappa shape index (κ1) is 16.2. The molecule has 0 aliphatic heterocycles. The highest BCUT2D eigenvalue weighted by Gasteiger charge is 1.92. The van der Waals surface area contributed by atoms with E-state index < -0.39 is 9.04 Å². The molecular formula is C11H21O5Si. The quantitative estimate of drug-likeness (QED) is 0.299. The molecule has 0 aromatic carbocycles. The first-order valence-electron chi connectivity index (χ1n) is 5.59. The third kappa shape index (κ3) is 15.2. The molecule has 6 heteroatoms. The zero-order valence-electron chi connectivity index (χ0n) is 10.3. The van der Waals surface area contributed by atoms with E-state index in [2.05, 4.69) is 6.58 Å². The van der Waals surface area contributed by atoms with Crippen molar-refractivity contribution < 1.29 is 23.7 Å². The predicted octanol–water partition coefficient (Wildman–Crippen LogP) is 1.03. The fraction of sp³-hybridized carbons (Fsp3) is 0.636. The van der Waals surface area contributed by atoms with E-state index in [4.69, 9.17) is 18.9 Å². The zero-order valence-corrected chi connectivity index (χ0v) is 11.5. The van der Waals surface area contributed by atoms with Gasteiger partial charge in [-0.2, -0.15) is 0 Å². The summed E-state index contributed by atoms with van der Waals surface area (Å²) in [6.07, 6.45) is 2.85. The van der Waals surface area contributed by atoms with Gasteiger partial charge in [0, 0.05) is 0 Å². The van der Waals surface area contributed by atoms with Crippen molar-refractivity contribution in [3.8, 4) is 0 Å². The molecule has 0 saturated heterocycles. The van der Waals surface area contributed by atoms with Crippen LogP contribution >= 0.6 is 0 Å². The molecule has 0 aliphatic rings. The smallest absolute Gasteiger partial charge is 0.245 e. The van der Waals surface area contributed by atoms with Crippen LogP contribution in [0.25, 0.3) is 0 Å². The molecule has 1 radical (unpaired) electrons. The van der Waals surface area contributed by atoms with Crippen LogP contribution in [-0.4, -0.2) is 48.7 Å². The minimum absolute atomic E-state index is 0.456. The maximum atomic E-state index is 10.7. The topological polar surface area (TPSA) is 56.8 Å². The van der Waals surface area contributed by atoms with Gasteiger partial charge in [0.05, 0.1) is 39.0 Å². The molecule has 0 spiro atoms. The van der Waals surface area contributed by atoms with Crippen molar-refractivity contribution in [1.82, 2.24) is 0 Å². The largest absolute Gasteiger partial charge is 0.499 e. The lowest BCUT2D eigenvalue weighted by Crippen LogP contribution is -2.10. The number of rotatable bonds is 12. The van der Waals surface area contributed by atoms with Crippen LogP contribution in [0.1, 0.15) is 0 Å².